The number of nitrogens with zero attached hydrogens (tertiary/aromatic N) is 8. The first kappa shape index (κ1) is 54.3. The van der Waals surface area contributed by atoms with Crippen LogP contribution < -0.4 is 5.73 Å². The van der Waals surface area contributed by atoms with Gasteiger partial charge in [0.2, 0.25) is 5.90 Å². The molecule has 12 rings (SSSR count). The molecule has 18 nitrogen and oxygen atoms in total. The van der Waals surface area contributed by atoms with Gasteiger partial charge in [0.15, 0.2) is 5.84 Å². The van der Waals surface area contributed by atoms with Crippen LogP contribution in [0.4, 0.5) is 13.2 Å². The predicted molar refractivity (Wildman–Crippen MR) is 301 cm³/mol. The summed E-state index contributed by atoms with van der Waals surface area (Å²) in [7, 11) is 1.41. The van der Waals surface area contributed by atoms with E-state index in [0.717, 1.165) is 0 Å². The molecule has 82 heavy (non-hydrogen) atoms. The lowest BCUT2D eigenvalue weighted by Gasteiger charge is -2.13. The highest BCUT2D eigenvalue weighted by Gasteiger charge is 2.31. The van der Waals surface area contributed by atoms with Gasteiger partial charge in [0.05, 0.1) is 91.2 Å². The Labute approximate surface area is 464 Å². The Morgan fingerprint density at radius 3 is 1.21 bits per heavy atom. The highest BCUT2D eigenvalue weighted by atomic mass is 19.1. The molecular weight excluding hydrogens is 1060 g/mol. The van der Waals surface area contributed by atoms with Gasteiger partial charge in [0.25, 0.3) is 0 Å². The monoisotopic (exact) mass is 1110 g/mol. The Bertz CT molecular complexity index is 4460. The lowest BCUT2D eigenvalue weighted by atomic mass is 10.0. The number of hydrogen-bond acceptors (Lipinski definition) is 14. The smallest absolute Gasteiger partial charge is 0.215 e. The molecule has 21 heteroatoms. The molecule has 6 aromatic heterocycles. The number of aryl methyl sites for hydroxylation is 6. The SMILES string of the molecule is COC(=N)c1c(-c2c(C)noc2C)n(-c2ccc(O)cc2)c2c(F)cccc12.Cc1noc(C)c1-c1c(/C(N)=N/O)c2cccc(F)c2n1-c1ccc(O)cc1.Cc1noc(C)c1-c1c(C#N)c2cccc(F)c2n1-c1ccc(O)cc1. The minimum atomic E-state index is -0.476. The van der Waals surface area contributed by atoms with Crippen molar-refractivity contribution in [1.29, 1.82) is 10.7 Å². The number of methoxy groups -OCH3 is 1. The topological polar surface area (TPSA) is 269 Å². The largest absolute Gasteiger partial charge is 0.508 e. The maximum atomic E-state index is 15.0. The van der Waals surface area contributed by atoms with Gasteiger partial charge in [-0.15, -0.1) is 0 Å². The lowest BCUT2D eigenvalue weighted by Crippen LogP contribution is -2.14. The van der Waals surface area contributed by atoms with E-state index in [9.17, 15) is 39.0 Å². The molecule has 0 amide bonds. The molecular formula is C61H49F3N10O8. The van der Waals surface area contributed by atoms with Gasteiger partial charge in [-0.3, -0.25) is 5.41 Å². The molecule has 412 valence electrons. The first-order valence-electron chi connectivity index (χ1n) is 25.1. The Morgan fingerprint density at radius 1 is 0.537 bits per heavy atom. The van der Waals surface area contributed by atoms with E-state index in [2.05, 4.69) is 26.7 Å². The summed E-state index contributed by atoms with van der Waals surface area (Å²) in [5, 5.41) is 73.2. The van der Waals surface area contributed by atoms with Gasteiger partial charge in [-0.1, -0.05) is 57.0 Å². The van der Waals surface area contributed by atoms with Crippen LogP contribution in [0.1, 0.15) is 51.1 Å². The molecule has 0 fully saturated rings. The molecule has 0 radical (unpaired) electrons. The number of para-hydroxylation sites is 3. The molecule has 6 heterocycles. The van der Waals surface area contributed by atoms with Crippen LogP contribution in [0.15, 0.2) is 146 Å². The van der Waals surface area contributed by atoms with E-state index in [1.54, 1.807) is 128 Å². The number of fused-ring (bicyclic) bond motifs is 3. The third-order valence-electron chi connectivity index (χ3n) is 13.9. The second-order valence-electron chi connectivity index (χ2n) is 18.9. The van der Waals surface area contributed by atoms with Gasteiger partial charge >= 0.3 is 0 Å². The van der Waals surface area contributed by atoms with Crippen molar-refractivity contribution in [1.82, 2.24) is 29.2 Å². The van der Waals surface area contributed by atoms with E-state index < -0.39 is 17.5 Å². The van der Waals surface area contributed by atoms with E-state index >= 15 is 0 Å². The van der Waals surface area contributed by atoms with Crippen molar-refractivity contribution in [2.75, 3.05) is 7.11 Å². The number of rotatable bonds is 8. The van der Waals surface area contributed by atoms with E-state index in [0.29, 0.717) is 129 Å². The van der Waals surface area contributed by atoms with Gasteiger partial charge in [-0.2, -0.15) is 5.26 Å². The van der Waals surface area contributed by atoms with Crippen LogP contribution in [-0.2, 0) is 4.74 Å². The fraction of sp³-hybridized carbons (Fsp3) is 0.115. The maximum Gasteiger partial charge on any atom is 0.215 e. The van der Waals surface area contributed by atoms with Gasteiger partial charge in [-0.25, -0.2) is 13.2 Å². The molecule has 0 aliphatic heterocycles. The third kappa shape index (κ3) is 9.22. The van der Waals surface area contributed by atoms with Crippen molar-refractivity contribution in [3.63, 3.8) is 0 Å². The minimum absolute atomic E-state index is 0.0798. The predicted octanol–water partition coefficient (Wildman–Crippen LogP) is 13.2. The number of nitrogens with two attached hydrogens (primary N) is 1. The summed E-state index contributed by atoms with van der Waals surface area (Å²) in [6.07, 6.45) is 0. The molecule has 0 atom stereocenters. The number of nitrogens with one attached hydrogen (secondary N) is 1. The van der Waals surface area contributed by atoms with Crippen molar-refractivity contribution in [2.45, 2.75) is 41.5 Å². The summed E-state index contributed by atoms with van der Waals surface area (Å²) >= 11 is 0. The fourth-order valence-corrected chi connectivity index (χ4v) is 10.4. The highest BCUT2D eigenvalue weighted by molar-refractivity contribution is 6.15. The molecule has 0 bridgehead atoms. The van der Waals surface area contributed by atoms with E-state index in [1.807, 2.05) is 0 Å². The van der Waals surface area contributed by atoms with Crippen LogP contribution in [0.3, 0.4) is 0 Å². The first-order valence-corrected chi connectivity index (χ1v) is 25.1. The number of amidine groups is 1. The Balaban J connectivity index is 0.000000138. The van der Waals surface area contributed by atoms with Crippen molar-refractivity contribution in [3.05, 3.63) is 196 Å². The second-order valence-corrected chi connectivity index (χ2v) is 18.9. The summed E-state index contributed by atoms with van der Waals surface area (Å²) in [6, 6.07) is 35.3. The van der Waals surface area contributed by atoms with Crippen LogP contribution in [0.25, 0.3) is 83.5 Å². The van der Waals surface area contributed by atoms with Crippen molar-refractivity contribution >= 4 is 44.4 Å². The molecule has 0 unspecified atom stereocenters. The number of oxime groups is 1. The minimum Gasteiger partial charge on any atom is -0.508 e. The Morgan fingerprint density at radius 2 is 0.866 bits per heavy atom. The number of aromatic hydroxyl groups is 3. The second kappa shape index (κ2) is 21.7. The van der Waals surface area contributed by atoms with E-state index in [4.69, 9.17) is 29.4 Å². The van der Waals surface area contributed by atoms with Crippen LogP contribution in [0.2, 0.25) is 0 Å². The van der Waals surface area contributed by atoms with E-state index in [1.165, 1.54) is 61.7 Å². The average Bonchev–Trinajstić information content (AvgIpc) is 3.13. The van der Waals surface area contributed by atoms with E-state index in [-0.39, 0.29) is 34.5 Å². The Hall–Kier alpha value is -11.0. The number of phenols is 3. The number of halogens is 3. The van der Waals surface area contributed by atoms with Crippen LogP contribution in [-0.4, -0.2) is 68.5 Å². The van der Waals surface area contributed by atoms with Crippen molar-refractivity contribution in [2.24, 2.45) is 10.9 Å². The number of benzene rings is 6. The third-order valence-corrected chi connectivity index (χ3v) is 13.9. The summed E-state index contributed by atoms with van der Waals surface area (Å²) < 4.78 is 70.9. The number of phenolic OH excluding ortho intramolecular Hbond substituents is 3. The molecule has 12 aromatic rings. The lowest BCUT2D eigenvalue weighted by molar-refractivity contribution is 0.318. The number of aromatic nitrogens is 6. The molecule has 0 saturated carbocycles. The number of hydrogen-bond donors (Lipinski definition) is 6. The summed E-state index contributed by atoms with van der Waals surface area (Å²) in [6.45, 7) is 10.6. The molecule has 6 aromatic carbocycles. The molecule has 0 aliphatic carbocycles. The first-order chi connectivity index (χ1) is 39.4. The van der Waals surface area contributed by atoms with Gasteiger partial charge in [0.1, 0.15) is 58.1 Å². The molecule has 0 aliphatic rings. The quantitative estimate of drug-likeness (QED) is 0.0358. The summed E-state index contributed by atoms with van der Waals surface area (Å²) in [5.74, 6) is 0.271. The van der Waals surface area contributed by atoms with Crippen molar-refractivity contribution in [3.8, 4) is 74.2 Å². The maximum absolute atomic E-state index is 15.0. The zero-order valence-corrected chi connectivity index (χ0v) is 44.8. The fourth-order valence-electron chi connectivity index (χ4n) is 10.4. The zero-order chi connectivity index (χ0) is 58.4. The van der Waals surface area contributed by atoms with Crippen LogP contribution in [0.5, 0.6) is 17.2 Å². The van der Waals surface area contributed by atoms with Crippen molar-refractivity contribution < 1.29 is 52.0 Å². The van der Waals surface area contributed by atoms with Crippen LogP contribution in [0, 0.1) is 75.7 Å². The zero-order valence-electron chi connectivity index (χ0n) is 44.8. The molecule has 0 saturated heterocycles. The summed E-state index contributed by atoms with van der Waals surface area (Å²) in [4.78, 5) is 0. The number of nitriles is 1. The van der Waals surface area contributed by atoms with Crippen LogP contribution >= 0.6 is 0 Å². The molecule has 0 spiro atoms. The standard InChI is InChI=1S/C21H18FN3O3.C20H17FN4O3.C20H14FN3O2/c1-11-17(12(2)28-24-11)20-18(21(23)27-3)15-5-4-6-16(22)19(15)25(20)13-7-9-14(26)10-8-13;1-10-16(11(2)28-24-10)19-17(20(22)23-27)14-4-3-5-15(21)18(14)25(19)12-6-8-13(26)9-7-12;1-11-18(12(2)26-23-11)20-16(10-22)15-4-3-5-17(21)19(15)24(20)13-6-8-14(25)9-7-13/h4-10,23,26H,1-3H3;3-9,26-27H,1-2H3,(H2,22,23);3-9,25H,1-2H3. The van der Waals surface area contributed by atoms with Gasteiger partial charge < -0.3 is 58.3 Å². The molecule has 7 N–H and O–H groups in total. The van der Waals surface area contributed by atoms with Gasteiger partial charge in [-0.05, 0) is 133 Å². The average molecular weight is 1110 g/mol. The number of ether oxygens (including phenoxy) is 1. The Kier molecular flexibility index (Phi) is 14.4. The normalized spacial score (nSPS) is 11.4. The highest BCUT2D eigenvalue weighted by Crippen LogP contribution is 2.44. The summed E-state index contributed by atoms with van der Waals surface area (Å²) in [5.41, 5.74) is 15.1. The van der Waals surface area contributed by atoms with Gasteiger partial charge in [0, 0.05) is 33.2 Å².